The topological polar surface area (TPSA) is 112 Å². The summed E-state index contributed by atoms with van der Waals surface area (Å²) >= 11 is 0. The quantitative estimate of drug-likeness (QED) is 0.393. The smallest absolute Gasteiger partial charge is 0.251 e. The average molecular weight is 441 g/mol. The van der Waals surface area contributed by atoms with Gasteiger partial charge in [-0.25, -0.2) is 9.97 Å². The zero-order valence-electron chi connectivity index (χ0n) is 18.4. The Kier molecular flexibility index (Phi) is 5.35. The number of pyridine rings is 1. The van der Waals surface area contributed by atoms with E-state index in [2.05, 4.69) is 15.3 Å². The highest BCUT2D eigenvalue weighted by Gasteiger charge is 2.20. The van der Waals surface area contributed by atoms with E-state index in [4.69, 9.17) is 15.1 Å². The van der Waals surface area contributed by atoms with Gasteiger partial charge in [-0.2, -0.15) is 4.98 Å². The number of aryl methyl sites for hydroxylation is 2. The van der Waals surface area contributed by atoms with Crippen LogP contribution < -0.4 is 11.1 Å². The van der Waals surface area contributed by atoms with Crippen LogP contribution in [0.4, 0.5) is 5.82 Å². The molecule has 0 spiro atoms. The summed E-state index contributed by atoms with van der Waals surface area (Å²) in [6.45, 7) is 0. The van der Waals surface area contributed by atoms with Gasteiger partial charge >= 0.3 is 0 Å². The molecule has 166 valence electrons. The van der Waals surface area contributed by atoms with Crippen LogP contribution in [0.1, 0.15) is 23.6 Å². The lowest BCUT2D eigenvalue weighted by atomic mass is 9.97. The Bertz CT molecular complexity index is 1450. The van der Waals surface area contributed by atoms with Gasteiger partial charge < -0.3 is 20.0 Å². The molecule has 5 aromatic rings. The second kappa shape index (κ2) is 8.48. The lowest BCUT2D eigenvalue weighted by Crippen LogP contribution is -2.21. The van der Waals surface area contributed by atoms with Crippen molar-refractivity contribution < 1.29 is 9.21 Å². The van der Waals surface area contributed by atoms with Crippen molar-refractivity contribution in [2.45, 2.75) is 18.9 Å². The molecule has 0 radical (unpaired) electrons. The molecule has 0 saturated heterocycles. The molecule has 2 aromatic carbocycles. The Labute approximate surface area is 190 Å². The average Bonchev–Trinajstić information content (AvgIpc) is 3.45. The number of anilines is 1. The van der Waals surface area contributed by atoms with E-state index in [-0.39, 0.29) is 5.78 Å². The molecule has 3 N–H and O–H groups in total. The number of hydrogen-bond acceptors (Lipinski definition) is 7. The number of nitrogens with zero attached hydrogens (tertiary/aromatic N) is 4. The summed E-state index contributed by atoms with van der Waals surface area (Å²) in [7, 11) is 3.70. The predicted octanol–water partition coefficient (Wildman–Crippen LogP) is 4.02. The van der Waals surface area contributed by atoms with Crippen LogP contribution in [0.5, 0.6) is 0 Å². The van der Waals surface area contributed by atoms with Crippen LogP contribution in [0.15, 0.2) is 65.3 Å². The van der Waals surface area contributed by atoms with Crippen molar-refractivity contribution in [3.8, 4) is 11.5 Å². The number of nitrogens with one attached hydrogen (secondary N) is 1. The molecule has 8 heteroatoms. The van der Waals surface area contributed by atoms with Gasteiger partial charge in [-0.1, -0.05) is 42.5 Å². The van der Waals surface area contributed by atoms with Crippen molar-refractivity contribution in [3.05, 3.63) is 72.1 Å². The first-order chi connectivity index (χ1) is 16.0. The normalized spacial score (nSPS) is 12.3. The molecule has 0 fully saturated rings. The Morgan fingerprint density at radius 1 is 1.12 bits per heavy atom. The highest BCUT2D eigenvalue weighted by Crippen LogP contribution is 2.32. The van der Waals surface area contributed by atoms with Gasteiger partial charge in [-0.05, 0) is 29.7 Å². The molecule has 3 heterocycles. The minimum absolute atomic E-state index is 0.00881. The minimum atomic E-state index is -0.712. The summed E-state index contributed by atoms with van der Waals surface area (Å²) in [6.07, 6.45) is 2.77. The van der Waals surface area contributed by atoms with Crippen molar-refractivity contribution in [2.24, 2.45) is 12.8 Å². The van der Waals surface area contributed by atoms with Crippen LogP contribution in [-0.2, 0) is 18.3 Å². The summed E-state index contributed by atoms with van der Waals surface area (Å²) in [5.74, 6) is 1.03. The summed E-state index contributed by atoms with van der Waals surface area (Å²) in [4.78, 5) is 26.4. The fourth-order valence-corrected chi connectivity index (χ4v) is 4.00. The highest BCUT2D eigenvalue weighted by molar-refractivity contribution is 6.03. The van der Waals surface area contributed by atoms with Gasteiger partial charge in [0.25, 0.3) is 5.71 Å². The van der Waals surface area contributed by atoms with Gasteiger partial charge in [-0.3, -0.25) is 4.79 Å². The van der Waals surface area contributed by atoms with Gasteiger partial charge in [0.1, 0.15) is 11.0 Å². The van der Waals surface area contributed by atoms with E-state index in [9.17, 15) is 4.79 Å². The van der Waals surface area contributed by atoms with Crippen molar-refractivity contribution in [3.63, 3.8) is 0 Å². The molecule has 8 nitrogen and oxygen atoms in total. The molecular weight excluding hydrogens is 416 g/mol. The standard InChI is InChI=1S/C25H24N6O2/c1-27-23-20-22(31(2)14-28-20)21-25(30-23)33-24(29-21)17-10-6-9-16(13-17)19(26)18(32)12-11-15-7-4-3-5-8-15/h3-10,13-14,19H,11-12,26H2,1-2H3,(H,27,30). The number of fused-ring (bicyclic) bond motifs is 3. The zero-order chi connectivity index (χ0) is 22.9. The Morgan fingerprint density at radius 2 is 1.94 bits per heavy atom. The van der Waals surface area contributed by atoms with E-state index in [1.807, 2.05) is 66.2 Å². The third-order valence-electron chi connectivity index (χ3n) is 5.79. The van der Waals surface area contributed by atoms with E-state index >= 15 is 0 Å². The van der Waals surface area contributed by atoms with E-state index in [0.717, 1.165) is 27.7 Å². The molecule has 33 heavy (non-hydrogen) atoms. The van der Waals surface area contributed by atoms with E-state index in [1.54, 1.807) is 13.4 Å². The summed E-state index contributed by atoms with van der Waals surface area (Å²) in [6, 6.07) is 16.7. The molecule has 0 saturated carbocycles. The van der Waals surface area contributed by atoms with E-state index < -0.39 is 6.04 Å². The summed E-state index contributed by atoms with van der Waals surface area (Å²) < 4.78 is 7.89. The number of aromatic nitrogens is 4. The molecule has 0 aliphatic carbocycles. The molecule has 1 atom stereocenters. The molecule has 0 aliphatic heterocycles. The lowest BCUT2D eigenvalue weighted by Gasteiger charge is -2.12. The highest BCUT2D eigenvalue weighted by atomic mass is 16.4. The van der Waals surface area contributed by atoms with Crippen LogP contribution in [0.2, 0.25) is 0 Å². The lowest BCUT2D eigenvalue weighted by molar-refractivity contribution is -0.120. The maximum atomic E-state index is 12.7. The van der Waals surface area contributed by atoms with Crippen LogP contribution in [0.3, 0.4) is 0 Å². The number of carbonyl (C=O) groups excluding carboxylic acids is 1. The SMILES string of the molecule is CNc1nc2oc(-c3cccc(C(N)C(=O)CCc4ccccc4)c3)nc2c2c1ncn2C. The fraction of sp³-hybridized carbons (Fsp3) is 0.200. The summed E-state index contributed by atoms with van der Waals surface area (Å²) in [5.41, 5.74) is 11.5. The third-order valence-corrected chi connectivity index (χ3v) is 5.79. The van der Waals surface area contributed by atoms with Crippen LogP contribution >= 0.6 is 0 Å². The molecular formula is C25H24N6O2. The number of benzene rings is 2. The predicted molar refractivity (Wildman–Crippen MR) is 128 cm³/mol. The molecule has 0 amide bonds. The Balaban J connectivity index is 1.44. The number of rotatable bonds is 7. The molecule has 1 unspecified atom stereocenters. The second-order valence-electron chi connectivity index (χ2n) is 7.99. The third kappa shape index (κ3) is 3.85. The van der Waals surface area contributed by atoms with Crippen molar-refractivity contribution in [1.82, 2.24) is 19.5 Å². The maximum absolute atomic E-state index is 12.7. The van der Waals surface area contributed by atoms with E-state index in [0.29, 0.717) is 35.8 Å². The second-order valence-corrected chi connectivity index (χ2v) is 7.99. The Morgan fingerprint density at radius 3 is 2.73 bits per heavy atom. The van der Waals surface area contributed by atoms with Gasteiger partial charge in [0, 0.05) is 26.1 Å². The largest absolute Gasteiger partial charge is 0.418 e. The number of nitrogens with two attached hydrogens (primary N) is 1. The number of ketones is 1. The number of carbonyl (C=O) groups is 1. The number of oxazole rings is 1. The van der Waals surface area contributed by atoms with Crippen LogP contribution in [-0.4, -0.2) is 32.3 Å². The first-order valence-corrected chi connectivity index (χ1v) is 10.8. The van der Waals surface area contributed by atoms with Crippen molar-refractivity contribution in [2.75, 3.05) is 12.4 Å². The van der Waals surface area contributed by atoms with Crippen molar-refractivity contribution in [1.29, 1.82) is 0 Å². The first-order valence-electron chi connectivity index (χ1n) is 10.8. The van der Waals surface area contributed by atoms with Crippen LogP contribution in [0, 0.1) is 0 Å². The van der Waals surface area contributed by atoms with Crippen LogP contribution in [0.25, 0.3) is 33.7 Å². The van der Waals surface area contributed by atoms with Gasteiger partial charge in [0.2, 0.25) is 5.89 Å². The maximum Gasteiger partial charge on any atom is 0.251 e. The summed E-state index contributed by atoms with van der Waals surface area (Å²) in [5, 5.41) is 3.06. The fourth-order valence-electron chi connectivity index (χ4n) is 4.00. The monoisotopic (exact) mass is 440 g/mol. The zero-order valence-corrected chi connectivity index (χ0v) is 18.4. The number of Topliss-reactive ketones (excluding diaryl/α,β-unsaturated/α-hetero) is 1. The van der Waals surface area contributed by atoms with E-state index in [1.165, 1.54) is 0 Å². The minimum Gasteiger partial charge on any atom is -0.418 e. The van der Waals surface area contributed by atoms with Gasteiger partial charge in [0.05, 0.1) is 12.4 Å². The molecule has 0 bridgehead atoms. The molecule has 5 rings (SSSR count). The van der Waals surface area contributed by atoms with Crippen molar-refractivity contribution >= 4 is 33.9 Å². The van der Waals surface area contributed by atoms with Gasteiger partial charge in [0.15, 0.2) is 17.1 Å². The first kappa shape index (κ1) is 20.8. The number of imidazole rings is 1. The molecule has 0 aliphatic rings. The van der Waals surface area contributed by atoms with Gasteiger partial charge in [-0.15, -0.1) is 0 Å². The molecule has 3 aromatic heterocycles. The Hall–Kier alpha value is -4.04. The number of hydrogen-bond donors (Lipinski definition) is 2.